The smallest absolute Gasteiger partial charge is 0.243 e. The van der Waals surface area contributed by atoms with Crippen molar-refractivity contribution in [2.24, 2.45) is 0 Å². The van der Waals surface area contributed by atoms with Gasteiger partial charge in [0, 0.05) is 15.5 Å². The summed E-state index contributed by atoms with van der Waals surface area (Å²) in [5.74, 6) is -0.284. The van der Waals surface area contributed by atoms with E-state index in [1.165, 1.54) is 17.8 Å². The van der Waals surface area contributed by atoms with Crippen molar-refractivity contribution in [2.75, 3.05) is 5.32 Å². The fraction of sp³-hybridized carbons (Fsp3) is 0.316. The quantitative estimate of drug-likeness (QED) is 0.665. The van der Waals surface area contributed by atoms with Crippen LogP contribution in [0.4, 0.5) is 5.69 Å². The third-order valence-electron chi connectivity index (χ3n) is 3.37. The van der Waals surface area contributed by atoms with Crippen LogP contribution in [0.25, 0.3) is 0 Å². The van der Waals surface area contributed by atoms with Crippen LogP contribution in [0.3, 0.4) is 0 Å². The predicted octanol–water partition coefficient (Wildman–Crippen LogP) is 4.54. The molecule has 0 aliphatic carbocycles. The van der Waals surface area contributed by atoms with E-state index in [0.29, 0.717) is 5.02 Å². The molecule has 8 heteroatoms. The number of nitrogens with one attached hydrogen (secondary N) is 2. The van der Waals surface area contributed by atoms with Gasteiger partial charge in [0.25, 0.3) is 0 Å². The fourth-order valence-electron chi connectivity index (χ4n) is 2.27. The van der Waals surface area contributed by atoms with Crippen LogP contribution in [0.5, 0.6) is 0 Å². The van der Waals surface area contributed by atoms with Crippen molar-refractivity contribution in [1.29, 1.82) is 0 Å². The number of para-hydroxylation sites is 1. The Hall–Kier alpha value is -1.54. The van der Waals surface area contributed by atoms with E-state index in [9.17, 15) is 13.2 Å². The number of hydrogen-bond acceptors (Lipinski definition) is 4. The summed E-state index contributed by atoms with van der Waals surface area (Å²) in [6.07, 6.45) is 0. The van der Waals surface area contributed by atoms with Gasteiger partial charge in [-0.2, -0.15) is 0 Å². The van der Waals surface area contributed by atoms with E-state index in [4.69, 9.17) is 11.6 Å². The summed E-state index contributed by atoms with van der Waals surface area (Å²) >= 11 is 7.24. The van der Waals surface area contributed by atoms with Crippen LogP contribution in [-0.2, 0) is 14.8 Å². The topological polar surface area (TPSA) is 75.3 Å². The lowest BCUT2D eigenvalue weighted by Crippen LogP contribution is -2.40. The molecule has 2 rings (SSSR count). The SMILES string of the molecule is CC(Sc1ccc(Cl)cc1)C(=O)Nc1ccccc1S(=O)(=O)NC(C)(C)C. The second kappa shape index (κ2) is 8.65. The zero-order chi connectivity index (χ0) is 20.2. The van der Waals surface area contributed by atoms with Gasteiger partial charge in [-0.3, -0.25) is 4.79 Å². The van der Waals surface area contributed by atoms with Gasteiger partial charge in [-0.1, -0.05) is 23.7 Å². The van der Waals surface area contributed by atoms with E-state index in [2.05, 4.69) is 10.0 Å². The maximum atomic E-state index is 12.7. The lowest BCUT2D eigenvalue weighted by molar-refractivity contribution is -0.115. The Morgan fingerprint density at radius 3 is 2.26 bits per heavy atom. The maximum absolute atomic E-state index is 12.7. The Balaban J connectivity index is 2.17. The lowest BCUT2D eigenvalue weighted by Gasteiger charge is -2.22. The van der Waals surface area contributed by atoms with Crippen molar-refractivity contribution in [3.63, 3.8) is 0 Å². The highest BCUT2D eigenvalue weighted by atomic mass is 35.5. The number of sulfonamides is 1. The Labute approximate surface area is 169 Å². The van der Waals surface area contributed by atoms with Gasteiger partial charge in [-0.15, -0.1) is 11.8 Å². The minimum atomic E-state index is -3.77. The molecule has 1 amide bonds. The minimum Gasteiger partial charge on any atom is -0.324 e. The third kappa shape index (κ3) is 6.53. The molecule has 0 aliphatic heterocycles. The molecule has 0 aliphatic rings. The molecule has 2 aromatic rings. The molecule has 0 saturated carbocycles. The molecule has 0 saturated heterocycles. The van der Waals surface area contributed by atoms with Gasteiger partial charge in [0.2, 0.25) is 15.9 Å². The molecule has 0 spiro atoms. The van der Waals surface area contributed by atoms with Crippen LogP contribution in [-0.4, -0.2) is 25.1 Å². The van der Waals surface area contributed by atoms with Crippen LogP contribution in [0, 0.1) is 0 Å². The molecule has 1 unspecified atom stereocenters. The number of anilines is 1. The minimum absolute atomic E-state index is 0.0389. The van der Waals surface area contributed by atoms with Gasteiger partial charge in [-0.05, 0) is 64.1 Å². The summed E-state index contributed by atoms with van der Waals surface area (Å²) in [6, 6.07) is 13.5. The molecule has 0 heterocycles. The average Bonchev–Trinajstić information content (AvgIpc) is 2.55. The van der Waals surface area contributed by atoms with E-state index in [0.717, 1.165) is 4.90 Å². The summed E-state index contributed by atoms with van der Waals surface area (Å²) in [4.78, 5) is 13.5. The van der Waals surface area contributed by atoms with Gasteiger partial charge >= 0.3 is 0 Å². The van der Waals surface area contributed by atoms with Crippen molar-refractivity contribution >= 4 is 45.0 Å². The van der Waals surface area contributed by atoms with Gasteiger partial charge in [0.1, 0.15) is 4.90 Å². The highest BCUT2D eigenvalue weighted by Crippen LogP contribution is 2.27. The molecule has 0 bridgehead atoms. The first-order chi connectivity index (χ1) is 12.5. The largest absolute Gasteiger partial charge is 0.324 e. The molecular weight excluding hydrogens is 404 g/mol. The molecule has 0 radical (unpaired) electrons. The number of carbonyl (C=O) groups excluding carboxylic acids is 1. The lowest BCUT2D eigenvalue weighted by atomic mass is 10.1. The average molecular weight is 427 g/mol. The molecule has 146 valence electrons. The van der Waals surface area contributed by atoms with Gasteiger partial charge in [-0.25, -0.2) is 13.1 Å². The Kier molecular flexibility index (Phi) is 6.97. The van der Waals surface area contributed by atoms with Crippen LogP contribution < -0.4 is 10.0 Å². The zero-order valence-corrected chi connectivity index (χ0v) is 18.0. The molecule has 5 nitrogen and oxygen atoms in total. The standard InChI is InChI=1S/C19H23ClN2O3S2/c1-13(26-15-11-9-14(20)10-12-15)18(23)21-16-7-5-6-8-17(16)27(24,25)22-19(2,3)4/h5-13,22H,1-4H3,(H,21,23). The number of thioether (sulfide) groups is 1. The number of benzene rings is 2. The van der Waals surface area contributed by atoms with E-state index in [-0.39, 0.29) is 16.5 Å². The van der Waals surface area contributed by atoms with Gasteiger partial charge < -0.3 is 5.32 Å². The molecule has 1 atom stereocenters. The van der Waals surface area contributed by atoms with Crippen molar-refractivity contribution < 1.29 is 13.2 Å². The number of rotatable bonds is 6. The molecule has 2 aromatic carbocycles. The zero-order valence-electron chi connectivity index (χ0n) is 15.6. The van der Waals surface area contributed by atoms with Crippen LogP contribution in [0.2, 0.25) is 5.02 Å². The highest BCUT2D eigenvalue weighted by molar-refractivity contribution is 8.00. The molecule has 27 heavy (non-hydrogen) atoms. The third-order valence-corrected chi connectivity index (χ3v) is 6.55. The number of hydrogen-bond donors (Lipinski definition) is 2. The monoisotopic (exact) mass is 426 g/mol. The van der Waals surface area contributed by atoms with Crippen LogP contribution >= 0.6 is 23.4 Å². The highest BCUT2D eigenvalue weighted by Gasteiger charge is 2.25. The molecule has 0 aromatic heterocycles. The first-order valence-electron chi connectivity index (χ1n) is 8.34. The van der Waals surface area contributed by atoms with E-state index >= 15 is 0 Å². The van der Waals surface area contributed by atoms with E-state index in [1.54, 1.807) is 58.0 Å². The Morgan fingerprint density at radius 2 is 1.67 bits per heavy atom. The fourth-order valence-corrected chi connectivity index (χ4v) is 4.84. The predicted molar refractivity (Wildman–Crippen MR) is 112 cm³/mol. The first-order valence-corrected chi connectivity index (χ1v) is 11.1. The molecule has 2 N–H and O–H groups in total. The van der Waals surface area contributed by atoms with E-state index in [1.807, 2.05) is 12.1 Å². The summed E-state index contributed by atoms with van der Waals surface area (Å²) < 4.78 is 27.9. The summed E-state index contributed by atoms with van der Waals surface area (Å²) in [5.41, 5.74) is -0.379. The van der Waals surface area contributed by atoms with Crippen molar-refractivity contribution in [1.82, 2.24) is 4.72 Å². The normalized spacial score (nSPS) is 13.2. The second-order valence-electron chi connectivity index (χ2n) is 7.05. The summed E-state index contributed by atoms with van der Waals surface area (Å²) in [5, 5.41) is 2.94. The molecular formula is C19H23ClN2O3S2. The first kappa shape index (κ1) is 21.8. The van der Waals surface area contributed by atoms with Gasteiger partial charge in [0.15, 0.2) is 0 Å². The number of halogens is 1. The van der Waals surface area contributed by atoms with Crippen molar-refractivity contribution in [2.45, 2.75) is 48.3 Å². The summed E-state index contributed by atoms with van der Waals surface area (Å²) in [6.45, 7) is 7.04. The number of amides is 1. The molecule has 0 fully saturated rings. The van der Waals surface area contributed by atoms with Crippen molar-refractivity contribution in [3.05, 3.63) is 53.6 Å². The van der Waals surface area contributed by atoms with Crippen molar-refractivity contribution in [3.8, 4) is 0 Å². The van der Waals surface area contributed by atoms with Crippen LogP contribution in [0.15, 0.2) is 58.3 Å². The number of carbonyl (C=O) groups is 1. The maximum Gasteiger partial charge on any atom is 0.243 e. The van der Waals surface area contributed by atoms with Crippen LogP contribution in [0.1, 0.15) is 27.7 Å². The van der Waals surface area contributed by atoms with Gasteiger partial charge in [0.05, 0.1) is 10.9 Å². The second-order valence-corrected chi connectivity index (χ2v) is 10.6. The Bertz CT molecular complexity index is 907. The van der Waals surface area contributed by atoms with E-state index < -0.39 is 20.8 Å². The summed E-state index contributed by atoms with van der Waals surface area (Å²) in [7, 11) is -3.77. The Morgan fingerprint density at radius 1 is 1.07 bits per heavy atom.